The quantitative estimate of drug-likeness (QED) is 0.716. The first kappa shape index (κ1) is 14.2. The molecule has 0 unspecified atom stereocenters. The van der Waals surface area contributed by atoms with Gasteiger partial charge in [0.1, 0.15) is 0 Å². The van der Waals surface area contributed by atoms with Crippen molar-refractivity contribution in [2.45, 2.75) is 45.1 Å². The molecule has 18 heavy (non-hydrogen) atoms. The largest absolute Gasteiger partial charge is 0.343 e. The average molecular weight is 270 g/mol. The number of likely N-dealkylation sites (tertiary alicyclic amines) is 2. The van der Waals surface area contributed by atoms with Gasteiger partial charge in [-0.1, -0.05) is 6.92 Å². The predicted molar refractivity (Wildman–Crippen MR) is 78.0 cm³/mol. The zero-order valence-corrected chi connectivity index (χ0v) is 12.4. The lowest BCUT2D eigenvalue weighted by atomic mass is 10.0. The van der Waals surface area contributed by atoms with E-state index in [9.17, 15) is 4.79 Å². The Labute approximate surface area is 115 Å². The third-order valence-electron chi connectivity index (χ3n) is 4.14. The first-order valence-corrected chi connectivity index (χ1v) is 8.56. The Bertz CT molecular complexity index is 259. The number of carbonyl (C=O) groups is 1. The molecule has 2 rings (SSSR count). The van der Waals surface area contributed by atoms with E-state index >= 15 is 0 Å². The molecule has 0 aromatic carbocycles. The lowest BCUT2D eigenvalue weighted by Gasteiger charge is -2.36. The van der Waals surface area contributed by atoms with Crippen molar-refractivity contribution >= 4 is 17.7 Å². The van der Waals surface area contributed by atoms with Crippen LogP contribution in [0, 0.1) is 0 Å². The van der Waals surface area contributed by atoms with E-state index in [1.54, 1.807) is 0 Å². The summed E-state index contributed by atoms with van der Waals surface area (Å²) in [4.78, 5) is 16.7. The molecule has 0 N–H and O–H groups in total. The van der Waals surface area contributed by atoms with E-state index in [0.29, 0.717) is 5.91 Å². The highest BCUT2D eigenvalue weighted by atomic mass is 32.2. The number of amides is 1. The van der Waals surface area contributed by atoms with Crippen LogP contribution in [0.4, 0.5) is 0 Å². The Morgan fingerprint density at radius 1 is 1.17 bits per heavy atom. The highest BCUT2D eigenvalue weighted by Gasteiger charge is 2.27. The number of piperidine rings is 1. The maximum atomic E-state index is 12.0. The van der Waals surface area contributed by atoms with Crippen molar-refractivity contribution in [2.24, 2.45) is 0 Å². The van der Waals surface area contributed by atoms with Crippen LogP contribution in [-0.4, -0.2) is 59.4 Å². The first-order chi connectivity index (χ1) is 8.81. The first-order valence-electron chi connectivity index (χ1n) is 7.41. The minimum Gasteiger partial charge on any atom is -0.343 e. The minimum atomic E-state index is 0.371. The maximum Gasteiger partial charge on any atom is 0.223 e. The molecule has 2 fully saturated rings. The van der Waals surface area contributed by atoms with Crippen LogP contribution >= 0.6 is 11.8 Å². The summed E-state index contributed by atoms with van der Waals surface area (Å²) < 4.78 is 0. The molecule has 0 atom stereocenters. The number of thioether (sulfide) groups is 1. The van der Waals surface area contributed by atoms with Crippen LogP contribution in [0.5, 0.6) is 0 Å². The molecule has 0 bridgehead atoms. The van der Waals surface area contributed by atoms with Gasteiger partial charge in [-0.3, -0.25) is 4.79 Å². The van der Waals surface area contributed by atoms with Gasteiger partial charge >= 0.3 is 0 Å². The van der Waals surface area contributed by atoms with E-state index in [2.05, 4.69) is 16.7 Å². The zero-order chi connectivity index (χ0) is 12.8. The number of hydrogen-bond donors (Lipinski definition) is 0. The number of rotatable bonds is 5. The van der Waals surface area contributed by atoms with Gasteiger partial charge in [0.2, 0.25) is 5.91 Å². The molecular formula is C14H26N2OS. The van der Waals surface area contributed by atoms with Crippen LogP contribution in [0.15, 0.2) is 0 Å². The highest BCUT2D eigenvalue weighted by Crippen LogP contribution is 2.21. The average Bonchev–Trinajstić information content (AvgIpc) is 2.93. The molecule has 2 saturated heterocycles. The van der Waals surface area contributed by atoms with Crippen LogP contribution in [-0.2, 0) is 4.79 Å². The van der Waals surface area contributed by atoms with Gasteiger partial charge in [0.15, 0.2) is 0 Å². The van der Waals surface area contributed by atoms with Crippen molar-refractivity contribution in [1.82, 2.24) is 9.80 Å². The molecular weight excluding hydrogens is 244 g/mol. The molecule has 0 aromatic rings. The summed E-state index contributed by atoms with van der Waals surface area (Å²) in [5.41, 5.74) is 0. The van der Waals surface area contributed by atoms with E-state index in [-0.39, 0.29) is 0 Å². The Balaban J connectivity index is 1.67. The standard InChI is InChI=1S/C14H26N2OS/c1-2-18-12-7-14(17)16-10-5-13(6-11-16)15-8-3-4-9-15/h13H,2-12H2,1H3. The number of hydrogen-bond acceptors (Lipinski definition) is 3. The SMILES string of the molecule is CCSCCC(=O)N1CCC(N2CCCC2)CC1. The van der Waals surface area contributed by atoms with Crippen molar-refractivity contribution in [1.29, 1.82) is 0 Å². The molecule has 0 aromatic heterocycles. The molecule has 3 nitrogen and oxygen atoms in total. The predicted octanol–water partition coefficient (Wildman–Crippen LogP) is 2.22. The summed E-state index contributed by atoms with van der Waals surface area (Å²) in [6.07, 6.45) is 5.84. The van der Waals surface area contributed by atoms with Crippen molar-refractivity contribution in [3.8, 4) is 0 Å². The highest BCUT2D eigenvalue weighted by molar-refractivity contribution is 7.99. The fourth-order valence-corrected chi connectivity index (χ4v) is 3.66. The lowest BCUT2D eigenvalue weighted by molar-refractivity contribution is -0.132. The van der Waals surface area contributed by atoms with Crippen molar-refractivity contribution < 1.29 is 4.79 Å². The minimum absolute atomic E-state index is 0.371. The van der Waals surface area contributed by atoms with Crippen LogP contribution < -0.4 is 0 Å². The van der Waals surface area contributed by atoms with Gasteiger partial charge in [0, 0.05) is 31.3 Å². The fraction of sp³-hybridized carbons (Fsp3) is 0.929. The number of nitrogens with zero attached hydrogens (tertiary/aromatic N) is 2. The molecule has 0 saturated carbocycles. The Kier molecular flexibility index (Phi) is 5.83. The van der Waals surface area contributed by atoms with Gasteiger partial charge in [0.05, 0.1) is 0 Å². The van der Waals surface area contributed by atoms with Gasteiger partial charge in [-0.2, -0.15) is 11.8 Å². The van der Waals surface area contributed by atoms with E-state index in [4.69, 9.17) is 0 Å². The van der Waals surface area contributed by atoms with Crippen LogP contribution in [0.2, 0.25) is 0 Å². The summed E-state index contributed by atoms with van der Waals surface area (Å²) in [6, 6.07) is 0.751. The Morgan fingerprint density at radius 2 is 1.83 bits per heavy atom. The molecule has 1 amide bonds. The smallest absolute Gasteiger partial charge is 0.223 e. The second-order valence-corrected chi connectivity index (χ2v) is 6.70. The van der Waals surface area contributed by atoms with E-state index < -0.39 is 0 Å². The number of carbonyl (C=O) groups excluding carboxylic acids is 1. The van der Waals surface area contributed by atoms with Gasteiger partial charge in [-0.15, -0.1) is 0 Å². The fourth-order valence-electron chi connectivity index (χ4n) is 3.05. The monoisotopic (exact) mass is 270 g/mol. The van der Waals surface area contributed by atoms with Crippen molar-refractivity contribution in [3.63, 3.8) is 0 Å². The zero-order valence-electron chi connectivity index (χ0n) is 11.6. The summed E-state index contributed by atoms with van der Waals surface area (Å²) in [7, 11) is 0. The molecule has 2 aliphatic heterocycles. The molecule has 4 heteroatoms. The van der Waals surface area contributed by atoms with Gasteiger partial charge in [-0.25, -0.2) is 0 Å². The van der Waals surface area contributed by atoms with Gasteiger partial charge < -0.3 is 9.80 Å². The van der Waals surface area contributed by atoms with E-state index in [1.807, 2.05) is 11.8 Å². The van der Waals surface area contributed by atoms with E-state index in [0.717, 1.165) is 37.1 Å². The molecule has 104 valence electrons. The molecule has 0 spiro atoms. The van der Waals surface area contributed by atoms with Crippen LogP contribution in [0.25, 0.3) is 0 Å². The van der Waals surface area contributed by atoms with Gasteiger partial charge in [-0.05, 0) is 44.5 Å². The van der Waals surface area contributed by atoms with E-state index in [1.165, 1.54) is 38.8 Å². The van der Waals surface area contributed by atoms with Crippen LogP contribution in [0.3, 0.4) is 0 Å². The second-order valence-electron chi connectivity index (χ2n) is 5.30. The van der Waals surface area contributed by atoms with Crippen LogP contribution in [0.1, 0.15) is 39.0 Å². The molecule has 2 aliphatic rings. The summed E-state index contributed by atoms with van der Waals surface area (Å²) in [5.74, 6) is 2.47. The lowest BCUT2D eigenvalue weighted by Crippen LogP contribution is -2.46. The summed E-state index contributed by atoms with van der Waals surface area (Å²) >= 11 is 1.87. The summed E-state index contributed by atoms with van der Waals surface area (Å²) in [6.45, 7) is 6.68. The molecule has 0 radical (unpaired) electrons. The van der Waals surface area contributed by atoms with Gasteiger partial charge in [0.25, 0.3) is 0 Å². The van der Waals surface area contributed by atoms with Crippen molar-refractivity contribution in [3.05, 3.63) is 0 Å². The maximum absolute atomic E-state index is 12.0. The third kappa shape index (κ3) is 3.89. The third-order valence-corrected chi connectivity index (χ3v) is 5.04. The summed E-state index contributed by atoms with van der Waals surface area (Å²) in [5, 5.41) is 0. The molecule has 0 aliphatic carbocycles. The normalized spacial score (nSPS) is 22.6. The topological polar surface area (TPSA) is 23.6 Å². The molecule has 2 heterocycles. The Hall–Kier alpha value is -0.220. The van der Waals surface area contributed by atoms with Crippen molar-refractivity contribution in [2.75, 3.05) is 37.7 Å². The Morgan fingerprint density at radius 3 is 2.44 bits per heavy atom. The second kappa shape index (κ2) is 7.39.